The minimum atomic E-state index is 0.331. The Hall–Kier alpha value is -0.640. The van der Waals surface area contributed by atoms with Gasteiger partial charge in [0, 0.05) is 12.5 Å². The zero-order chi connectivity index (χ0) is 12.3. The highest BCUT2D eigenvalue weighted by Gasteiger charge is 2.20. The second-order valence-electron chi connectivity index (χ2n) is 4.80. The molecule has 0 N–H and O–H groups in total. The van der Waals surface area contributed by atoms with Crippen molar-refractivity contribution in [3.63, 3.8) is 0 Å². The van der Waals surface area contributed by atoms with Crippen molar-refractivity contribution in [2.75, 3.05) is 0 Å². The molecule has 17 heavy (non-hydrogen) atoms. The fourth-order valence-electron chi connectivity index (χ4n) is 2.18. The molecule has 0 saturated heterocycles. The molecule has 0 unspecified atom stereocenters. The van der Waals surface area contributed by atoms with E-state index in [2.05, 4.69) is 32.8 Å². The van der Waals surface area contributed by atoms with Gasteiger partial charge >= 0.3 is 0 Å². The first kappa shape index (κ1) is 12.8. The van der Waals surface area contributed by atoms with Crippen molar-refractivity contribution >= 4 is 15.9 Å². The van der Waals surface area contributed by atoms with Crippen LogP contribution in [0.5, 0.6) is 5.88 Å². The van der Waals surface area contributed by atoms with Gasteiger partial charge in [-0.3, -0.25) is 0 Å². The van der Waals surface area contributed by atoms with E-state index in [1.54, 1.807) is 0 Å². The highest BCUT2D eigenvalue weighted by molar-refractivity contribution is 9.10. The third kappa shape index (κ3) is 3.66. The molecule has 1 aromatic rings. The molecule has 1 aliphatic rings. The Bertz CT molecular complexity index is 376. The van der Waals surface area contributed by atoms with E-state index < -0.39 is 0 Å². The largest absolute Gasteiger partial charge is 0.474 e. The molecule has 1 aliphatic carbocycles. The minimum absolute atomic E-state index is 0.331. The van der Waals surface area contributed by atoms with E-state index in [0.717, 1.165) is 35.6 Å². The molecule has 0 radical (unpaired) electrons. The predicted molar refractivity (Wildman–Crippen MR) is 71.2 cm³/mol. The molecule has 1 fully saturated rings. The van der Waals surface area contributed by atoms with E-state index in [4.69, 9.17) is 4.74 Å². The summed E-state index contributed by atoms with van der Waals surface area (Å²) < 4.78 is 6.75. The van der Waals surface area contributed by atoms with Gasteiger partial charge in [0.1, 0.15) is 16.5 Å². The smallest absolute Gasteiger partial charge is 0.217 e. The zero-order valence-electron chi connectivity index (χ0n) is 10.4. The molecule has 0 bridgehead atoms. The van der Waals surface area contributed by atoms with Crippen molar-refractivity contribution in [1.82, 2.24) is 9.97 Å². The van der Waals surface area contributed by atoms with Crippen molar-refractivity contribution in [2.24, 2.45) is 5.92 Å². The molecule has 0 atom stereocenters. The number of ether oxygens (including phenoxy) is 1. The molecule has 1 heterocycles. The topological polar surface area (TPSA) is 35.0 Å². The van der Waals surface area contributed by atoms with Crippen LogP contribution in [0.3, 0.4) is 0 Å². The highest BCUT2D eigenvalue weighted by atomic mass is 79.9. The van der Waals surface area contributed by atoms with Gasteiger partial charge in [-0.15, -0.1) is 0 Å². The Morgan fingerprint density at radius 2 is 2.00 bits per heavy atom. The maximum atomic E-state index is 5.95. The van der Waals surface area contributed by atoms with E-state index in [1.807, 2.05) is 13.0 Å². The van der Waals surface area contributed by atoms with Crippen molar-refractivity contribution < 1.29 is 4.74 Å². The summed E-state index contributed by atoms with van der Waals surface area (Å²) in [5.74, 6) is 2.39. The van der Waals surface area contributed by atoms with Crippen LogP contribution in [0.15, 0.2) is 10.7 Å². The summed E-state index contributed by atoms with van der Waals surface area (Å²) >= 11 is 3.40. The molecule has 2 rings (SSSR count). The monoisotopic (exact) mass is 298 g/mol. The van der Waals surface area contributed by atoms with Crippen LogP contribution < -0.4 is 4.74 Å². The SMILES string of the molecule is CCc1nc(Br)cc(OC2CCC(C)CC2)n1. The second kappa shape index (κ2) is 5.80. The summed E-state index contributed by atoms with van der Waals surface area (Å²) in [4.78, 5) is 8.68. The molecule has 94 valence electrons. The molecule has 1 saturated carbocycles. The lowest BCUT2D eigenvalue weighted by Gasteiger charge is -2.26. The molecular formula is C13H19BrN2O. The van der Waals surface area contributed by atoms with Crippen LogP contribution in [0.1, 0.15) is 45.4 Å². The molecule has 0 aliphatic heterocycles. The third-order valence-electron chi connectivity index (χ3n) is 3.28. The first-order valence-electron chi connectivity index (χ1n) is 6.37. The lowest BCUT2D eigenvalue weighted by molar-refractivity contribution is 0.129. The molecule has 0 spiro atoms. The third-order valence-corrected chi connectivity index (χ3v) is 3.69. The summed E-state index contributed by atoms with van der Waals surface area (Å²) in [7, 11) is 0. The van der Waals surface area contributed by atoms with Crippen molar-refractivity contribution in [2.45, 2.75) is 52.1 Å². The normalized spacial score (nSPS) is 24.6. The Morgan fingerprint density at radius 3 is 2.65 bits per heavy atom. The van der Waals surface area contributed by atoms with Crippen LogP contribution in [-0.2, 0) is 6.42 Å². The fraction of sp³-hybridized carbons (Fsp3) is 0.692. The Balaban J connectivity index is 2.00. The van der Waals surface area contributed by atoms with E-state index in [-0.39, 0.29) is 0 Å². The lowest BCUT2D eigenvalue weighted by atomic mass is 9.89. The van der Waals surface area contributed by atoms with Gasteiger partial charge in [-0.2, -0.15) is 4.98 Å². The van der Waals surface area contributed by atoms with E-state index in [1.165, 1.54) is 12.8 Å². The van der Waals surface area contributed by atoms with E-state index in [9.17, 15) is 0 Å². The van der Waals surface area contributed by atoms with Crippen LogP contribution in [0.25, 0.3) is 0 Å². The standard InChI is InChI=1S/C13H19BrN2O/c1-3-12-15-11(14)8-13(16-12)17-10-6-4-9(2)5-7-10/h8-10H,3-7H2,1-2H3. The Morgan fingerprint density at radius 1 is 1.29 bits per heavy atom. The number of aromatic nitrogens is 2. The minimum Gasteiger partial charge on any atom is -0.474 e. The Labute approximate surface area is 111 Å². The van der Waals surface area contributed by atoms with Gasteiger partial charge in [-0.25, -0.2) is 4.98 Å². The number of halogens is 1. The van der Waals surface area contributed by atoms with Crippen LogP contribution in [-0.4, -0.2) is 16.1 Å². The summed E-state index contributed by atoms with van der Waals surface area (Å²) in [6.45, 7) is 4.36. The number of hydrogen-bond donors (Lipinski definition) is 0. The number of rotatable bonds is 3. The van der Waals surface area contributed by atoms with Crippen LogP contribution in [0, 0.1) is 5.92 Å². The average molecular weight is 299 g/mol. The Kier molecular flexibility index (Phi) is 4.37. The first-order valence-corrected chi connectivity index (χ1v) is 7.16. The number of nitrogens with zero attached hydrogens (tertiary/aromatic N) is 2. The van der Waals surface area contributed by atoms with Crippen LogP contribution >= 0.6 is 15.9 Å². The predicted octanol–water partition coefficient (Wildman–Crippen LogP) is 3.76. The highest BCUT2D eigenvalue weighted by Crippen LogP contribution is 2.27. The van der Waals surface area contributed by atoms with Crippen molar-refractivity contribution in [3.8, 4) is 5.88 Å². The van der Waals surface area contributed by atoms with Gasteiger partial charge in [-0.1, -0.05) is 13.8 Å². The first-order chi connectivity index (χ1) is 8.17. The summed E-state index contributed by atoms with van der Waals surface area (Å²) in [6, 6.07) is 1.86. The van der Waals surface area contributed by atoms with E-state index >= 15 is 0 Å². The zero-order valence-corrected chi connectivity index (χ0v) is 12.0. The van der Waals surface area contributed by atoms with Gasteiger partial charge in [0.25, 0.3) is 0 Å². The van der Waals surface area contributed by atoms with Gasteiger partial charge < -0.3 is 4.74 Å². The second-order valence-corrected chi connectivity index (χ2v) is 5.61. The number of hydrogen-bond acceptors (Lipinski definition) is 3. The summed E-state index contributed by atoms with van der Waals surface area (Å²) in [5.41, 5.74) is 0. The van der Waals surface area contributed by atoms with Gasteiger partial charge in [0.05, 0.1) is 0 Å². The molecule has 4 heteroatoms. The van der Waals surface area contributed by atoms with E-state index in [0.29, 0.717) is 12.0 Å². The summed E-state index contributed by atoms with van der Waals surface area (Å²) in [6.07, 6.45) is 5.97. The van der Waals surface area contributed by atoms with Crippen molar-refractivity contribution in [3.05, 3.63) is 16.5 Å². The molecular weight excluding hydrogens is 280 g/mol. The number of aryl methyl sites for hydroxylation is 1. The summed E-state index contributed by atoms with van der Waals surface area (Å²) in [5, 5.41) is 0. The molecule has 0 amide bonds. The van der Waals surface area contributed by atoms with Gasteiger partial charge in [0.2, 0.25) is 5.88 Å². The van der Waals surface area contributed by atoms with Gasteiger partial charge in [0.15, 0.2) is 0 Å². The van der Waals surface area contributed by atoms with Gasteiger partial charge in [-0.05, 0) is 47.5 Å². The van der Waals surface area contributed by atoms with Crippen LogP contribution in [0.2, 0.25) is 0 Å². The maximum absolute atomic E-state index is 5.95. The molecule has 1 aromatic heterocycles. The molecule has 3 nitrogen and oxygen atoms in total. The fourth-order valence-corrected chi connectivity index (χ4v) is 2.58. The average Bonchev–Trinajstić information content (AvgIpc) is 2.31. The quantitative estimate of drug-likeness (QED) is 0.797. The van der Waals surface area contributed by atoms with Crippen LogP contribution in [0.4, 0.5) is 0 Å². The molecule has 0 aromatic carbocycles. The lowest BCUT2D eigenvalue weighted by Crippen LogP contribution is -2.23. The maximum Gasteiger partial charge on any atom is 0.217 e. The van der Waals surface area contributed by atoms with Crippen molar-refractivity contribution in [1.29, 1.82) is 0 Å².